The number of nitrogens with one attached hydrogen (secondary N) is 2. The molecule has 1 aromatic carbocycles. The van der Waals surface area contributed by atoms with Gasteiger partial charge in [-0.05, 0) is 25.5 Å². The van der Waals surface area contributed by atoms with Crippen molar-refractivity contribution < 1.29 is 14.3 Å². The van der Waals surface area contributed by atoms with E-state index in [-0.39, 0.29) is 24.6 Å². The number of benzene rings is 1. The third-order valence-electron chi connectivity index (χ3n) is 2.84. The highest BCUT2D eigenvalue weighted by Gasteiger charge is 2.26. The van der Waals surface area contributed by atoms with Gasteiger partial charge in [-0.3, -0.25) is 9.59 Å². The molecule has 0 aliphatic carbocycles. The maximum absolute atomic E-state index is 12.2. The van der Waals surface area contributed by atoms with Crippen LogP contribution in [0.1, 0.15) is 26.7 Å². The van der Waals surface area contributed by atoms with Crippen molar-refractivity contribution >= 4 is 23.3 Å². The van der Waals surface area contributed by atoms with Gasteiger partial charge in [-0.15, -0.1) is 0 Å². The molecule has 1 aromatic rings. The van der Waals surface area contributed by atoms with Gasteiger partial charge >= 0.3 is 5.97 Å². The Hall–Kier alpha value is -2.17. The minimum absolute atomic E-state index is 0.0980. The largest absolute Gasteiger partial charge is 0.466 e. The van der Waals surface area contributed by atoms with Crippen molar-refractivity contribution in [2.45, 2.75) is 26.7 Å². The third kappa shape index (κ3) is 4.84. The zero-order chi connectivity index (χ0) is 15.0. The molecule has 0 aliphatic rings. The standard InChI is InChI=1S/C15H20N2O3/c1-3-13(16)12(10-14(18)20-4-2)15(19)17-11-8-6-5-7-9-11/h5-9,12,16H,3-4,10H2,1-2H3,(H,17,19). The van der Waals surface area contributed by atoms with Gasteiger partial charge in [-0.1, -0.05) is 25.1 Å². The summed E-state index contributed by atoms with van der Waals surface area (Å²) in [4.78, 5) is 23.7. The number of hydrogen-bond donors (Lipinski definition) is 2. The van der Waals surface area contributed by atoms with Crippen molar-refractivity contribution in [3.63, 3.8) is 0 Å². The molecule has 0 aromatic heterocycles. The monoisotopic (exact) mass is 276 g/mol. The number of carbonyl (C=O) groups excluding carboxylic acids is 2. The van der Waals surface area contributed by atoms with E-state index in [1.54, 1.807) is 38.1 Å². The number of hydrogen-bond acceptors (Lipinski definition) is 4. The van der Waals surface area contributed by atoms with E-state index in [4.69, 9.17) is 10.1 Å². The Bertz CT molecular complexity index is 471. The van der Waals surface area contributed by atoms with E-state index in [1.165, 1.54) is 0 Å². The minimum Gasteiger partial charge on any atom is -0.466 e. The molecule has 5 nitrogen and oxygen atoms in total. The molecule has 5 heteroatoms. The summed E-state index contributed by atoms with van der Waals surface area (Å²) in [6.45, 7) is 3.77. The van der Waals surface area contributed by atoms with Gasteiger partial charge in [0.05, 0.1) is 18.9 Å². The average Bonchev–Trinajstić information content (AvgIpc) is 2.45. The van der Waals surface area contributed by atoms with Gasteiger partial charge in [-0.2, -0.15) is 0 Å². The molecule has 20 heavy (non-hydrogen) atoms. The smallest absolute Gasteiger partial charge is 0.306 e. The second-order valence-corrected chi connectivity index (χ2v) is 4.30. The Balaban J connectivity index is 2.74. The molecule has 0 spiro atoms. The first-order chi connectivity index (χ1) is 9.58. The number of anilines is 1. The first-order valence-corrected chi connectivity index (χ1v) is 6.67. The van der Waals surface area contributed by atoms with Crippen LogP contribution in [0.3, 0.4) is 0 Å². The van der Waals surface area contributed by atoms with E-state index in [0.717, 1.165) is 0 Å². The third-order valence-corrected chi connectivity index (χ3v) is 2.84. The fraction of sp³-hybridized carbons (Fsp3) is 0.400. The molecule has 0 fully saturated rings. The zero-order valence-electron chi connectivity index (χ0n) is 11.8. The molecule has 0 saturated heterocycles. The molecular formula is C15H20N2O3. The van der Waals surface area contributed by atoms with Crippen LogP contribution in [0.25, 0.3) is 0 Å². The van der Waals surface area contributed by atoms with E-state index in [0.29, 0.717) is 12.1 Å². The van der Waals surface area contributed by atoms with Crippen LogP contribution in [0.5, 0.6) is 0 Å². The van der Waals surface area contributed by atoms with E-state index in [9.17, 15) is 9.59 Å². The SMILES string of the molecule is CCOC(=O)CC(C(=N)CC)C(=O)Nc1ccccc1. The van der Waals surface area contributed by atoms with Gasteiger partial charge in [0.1, 0.15) is 0 Å². The second kappa shape index (κ2) is 8.09. The predicted octanol–water partition coefficient (Wildman–Crippen LogP) is 2.62. The lowest BCUT2D eigenvalue weighted by Crippen LogP contribution is -2.31. The molecule has 1 amide bonds. The van der Waals surface area contributed by atoms with Gasteiger partial charge in [-0.25, -0.2) is 0 Å². The van der Waals surface area contributed by atoms with E-state index < -0.39 is 11.9 Å². The summed E-state index contributed by atoms with van der Waals surface area (Å²) in [6, 6.07) is 8.98. The predicted molar refractivity (Wildman–Crippen MR) is 77.8 cm³/mol. The molecule has 1 rings (SSSR count). The normalized spacial score (nSPS) is 11.5. The van der Waals surface area contributed by atoms with Crippen LogP contribution in [0, 0.1) is 11.3 Å². The Morgan fingerprint density at radius 2 is 1.90 bits per heavy atom. The van der Waals surface area contributed by atoms with Crippen LogP contribution < -0.4 is 5.32 Å². The molecule has 1 unspecified atom stereocenters. The van der Waals surface area contributed by atoms with Crippen molar-refractivity contribution in [1.82, 2.24) is 0 Å². The highest BCUT2D eigenvalue weighted by atomic mass is 16.5. The van der Waals surface area contributed by atoms with E-state index in [2.05, 4.69) is 5.32 Å². The number of carbonyl (C=O) groups is 2. The summed E-state index contributed by atoms with van der Waals surface area (Å²) in [5.74, 6) is -1.59. The van der Waals surface area contributed by atoms with Crippen molar-refractivity contribution in [1.29, 1.82) is 5.41 Å². The zero-order valence-corrected chi connectivity index (χ0v) is 11.8. The number of esters is 1. The molecule has 2 N–H and O–H groups in total. The molecule has 0 saturated carbocycles. The van der Waals surface area contributed by atoms with Crippen molar-refractivity contribution in [3.05, 3.63) is 30.3 Å². The number of amides is 1. The van der Waals surface area contributed by atoms with E-state index in [1.807, 2.05) is 6.07 Å². The lowest BCUT2D eigenvalue weighted by molar-refractivity contribution is -0.145. The van der Waals surface area contributed by atoms with E-state index >= 15 is 0 Å². The molecule has 1 atom stereocenters. The van der Waals surface area contributed by atoms with Gasteiger partial charge in [0.15, 0.2) is 0 Å². The Kier molecular flexibility index (Phi) is 6.43. The number of para-hydroxylation sites is 1. The number of rotatable bonds is 7. The summed E-state index contributed by atoms with van der Waals surface area (Å²) >= 11 is 0. The Morgan fingerprint density at radius 1 is 1.25 bits per heavy atom. The van der Waals surface area contributed by atoms with Gasteiger partial charge < -0.3 is 15.5 Å². The fourth-order valence-electron chi connectivity index (χ4n) is 1.76. The average molecular weight is 276 g/mol. The molecule has 0 radical (unpaired) electrons. The maximum Gasteiger partial charge on any atom is 0.306 e. The maximum atomic E-state index is 12.2. The number of ether oxygens (including phenoxy) is 1. The summed E-state index contributed by atoms with van der Waals surface area (Å²) in [7, 11) is 0. The highest BCUT2D eigenvalue weighted by Crippen LogP contribution is 2.14. The quantitative estimate of drug-likeness (QED) is 0.593. The molecule has 0 heterocycles. The van der Waals surface area contributed by atoms with Crippen LogP contribution in [-0.4, -0.2) is 24.2 Å². The Labute approximate surface area is 118 Å². The first-order valence-electron chi connectivity index (χ1n) is 6.67. The highest BCUT2D eigenvalue weighted by molar-refractivity contribution is 6.09. The lowest BCUT2D eigenvalue weighted by atomic mass is 9.96. The topological polar surface area (TPSA) is 79.2 Å². The van der Waals surface area contributed by atoms with Crippen molar-refractivity contribution in [2.24, 2.45) is 5.92 Å². The van der Waals surface area contributed by atoms with Crippen LogP contribution in [0.4, 0.5) is 5.69 Å². The summed E-state index contributed by atoms with van der Waals surface area (Å²) in [5, 5.41) is 10.6. The summed E-state index contributed by atoms with van der Waals surface area (Å²) in [6.07, 6.45) is 0.325. The minimum atomic E-state index is -0.778. The molecular weight excluding hydrogens is 256 g/mol. The van der Waals surface area contributed by atoms with Gasteiger partial charge in [0, 0.05) is 11.4 Å². The van der Waals surface area contributed by atoms with Crippen LogP contribution in [0.15, 0.2) is 30.3 Å². The van der Waals surface area contributed by atoms with Crippen molar-refractivity contribution in [2.75, 3.05) is 11.9 Å². The lowest BCUT2D eigenvalue weighted by Gasteiger charge is -2.16. The first kappa shape index (κ1) is 15.9. The van der Waals surface area contributed by atoms with Crippen molar-refractivity contribution in [3.8, 4) is 0 Å². The molecule has 0 aliphatic heterocycles. The van der Waals surface area contributed by atoms with Crippen LogP contribution in [0.2, 0.25) is 0 Å². The summed E-state index contributed by atoms with van der Waals surface area (Å²) < 4.78 is 4.85. The van der Waals surface area contributed by atoms with Crippen LogP contribution in [-0.2, 0) is 14.3 Å². The second-order valence-electron chi connectivity index (χ2n) is 4.30. The molecule has 0 bridgehead atoms. The van der Waals surface area contributed by atoms with Gasteiger partial charge in [0.2, 0.25) is 5.91 Å². The Morgan fingerprint density at radius 3 is 2.45 bits per heavy atom. The summed E-state index contributed by atoms with van der Waals surface area (Å²) in [5.41, 5.74) is 0.877. The van der Waals surface area contributed by atoms with Crippen LogP contribution >= 0.6 is 0 Å². The molecule has 108 valence electrons. The fourth-order valence-corrected chi connectivity index (χ4v) is 1.76. The van der Waals surface area contributed by atoms with Gasteiger partial charge in [0.25, 0.3) is 0 Å².